The molecular weight excluding hydrogens is 362 g/mol. The molecule has 0 bridgehead atoms. The number of hydrogen-bond acceptors (Lipinski definition) is 3. The standard InChI is InChI=1S/C24H25N3O2/c1-18-8-5-6-12-21(18)17-27-23(28)20-13-15-25-22(16-20)24(29)26-14-7-11-19-9-3-2-4-10-19/h2-6,8-10,12-13,15-16H,7,11,14,17H2,1H3,(H,26,29)(H,27,28). The molecule has 0 atom stereocenters. The zero-order chi connectivity index (χ0) is 20.5. The first-order valence-corrected chi connectivity index (χ1v) is 9.74. The van der Waals surface area contributed by atoms with Gasteiger partial charge in [-0.25, -0.2) is 0 Å². The molecule has 3 rings (SSSR count). The SMILES string of the molecule is Cc1ccccc1CNC(=O)c1ccnc(C(=O)NCCCc2ccccc2)c1. The highest BCUT2D eigenvalue weighted by molar-refractivity contribution is 5.98. The number of carbonyl (C=O) groups is 2. The number of amides is 2. The molecular formula is C24H25N3O2. The van der Waals surface area contributed by atoms with Gasteiger partial charge in [-0.2, -0.15) is 0 Å². The molecule has 0 unspecified atom stereocenters. The molecule has 0 radical (unpaired) electrons. The molecule has 0 saturated heterocycles. The van der Waals surface area contributed by atoms with Gasteiger partial charge >= 0.3 is 0 Å². The molecule has 2 amide bonds. The van der Waals surface area contributed by atoms with E-state index in [4.69, 9.17) is 0 Å². The summed E-state index contributed by atoms with van der Waals surface area (Å²) < 4.78 is 0. The maximum atomic E-state index is 12.5. The largest absolute Gasteiger partial charge is 0.351 e. The molecule has 5 heteroatoms. The minimum atomic E-state index is -0.272. The zero-order valence-electron chi connectivity index (χ0n) is 16.5. The number of carbonyl (C=O) groups excluding carboxylic acids is 2. The second-order valence-corrected chi connectivity index (χ2v) is 6.88. The fraction of sp³-hybridized carbons (Fsp3) is 0.208. The third kappa shape index (κ3) is 6.01. The highest BCUT2D eigenvalue weighted by Gasteiger charge is 2.12. The minimum absolute atomic E-state index is 0.228. The molecule has 2 aromatic carbocycles. The molecule has 0 fully saturated rings. The number of hydrogen-bond donors (Lipinski definition) is 2. The number of aromatic nitrogens is 1. The van der Waals surface area contributed by atoms with Crippen LogP contribution in [0.25, 0.3) is 0 Å². The van der Waals surface area contributed by atoms with E-state index in [2.05, 4.69) is 27.8 Å². The van der Waals surface area contributed by atoms with Gasteiger partial charge in [-0.3, -0.25) is 14.6 Å². The summed E-state index contributed by atoms with van der Waals surface area (Å²) in [6.45, 7) is 3.00. The Labute approximate surface area is 171 Å². The Morgan fingerprint density at radius 2 is 1.66 bits per heavy atom. The molecule has 0 aliphatic heterocycles. The van der Waals surface area contributed by atoms with Crippen LogP contribution in [0.5, 0.6) is 0 Å². The van der Waals surface area contributed by atoms with Gasteiger partial charge in [0.05, 0.1) is 0 Å². The van der Waals surface area contributed by atoms with Crippen molar-refractivity contribution in [2.75, 3.05) is 6.54 Å². The van der Waals surface area contributed by atoms with E-state index in [1.807, 2.05) is 49.4 Å². The van der Waals surface area contributed by atoms with Gasteiger partial charge in [0.15, 0.2) is 0 Å². The highest BCUT2D eigenvalue weighted by atomic mass is 16.2. The zero-order valence-corrected chi connectivity index (χ0v) is 16.5. The Balaban J connectivity index is 1.50. The van der Waals surface area contributed by atoms with Crippen molar-refractivity contribution in [1.29, 1.82) is 0 Å². The fourth-order valence-electron chi connectivity index (χ4n) is 3.01. The van der Waals surface area contributed by atoms with Gasteiger partial charge in [0.1, 0.15) is 5.69 Å². The van der Waals surface area contributed by atoms with Crippen molar-refractivity contribution >= 4 is 11.8 Å². The van der Waals surface area contributed by atoms with E-state index in [-0.39, 0.29) is 17.5 Å². The molecule has 1 heterocycles. The summed E-state index contributed by atoms with van der Waals surface area (Å²) in [7, 11) is 0. The summed E-state index contributed by atoms with van der Waals surface area (Å²) in [6.07, 6.45) is 3.23. The maximum absolute atomic E-state index is 12.5. The molecule has 5 nitrogen and oxygen atoms in total. The first-order valence-electron chi connectivity index (χ1n) is 9.74. The van der Waals surface area contributed by atoms with Gasteiger partial charge in [0.2, 0.25) is 0 Å². The smallest absolute Gasteiger partial charge is 0.269 e. The molecule has 0 aliphatic rings. The van der Waals surface area contributed by atoms with E-state index < -0.39 is 0 Å². The second kappa shape index (κ2) is 10.2. The third-order valence-electron chi connectivity index (χ3n) is 4.73. The number of pyridine rings is 1. The quantitative estimate of drug-likeness (QED) is 0.579. The third-order valence-corrected chi connectivity index (χ3v) is 4.73. The number of nitrogens with one attached hydrogen (secondary N) is 2. The molecule has 148 valence electrons. The van der Waals surface area contributed by atoms with Crippen molar-refractivity contribution in [3.8, 4) is 0 Å². The lowest BCUT2D eigenvalue weighted by atomic mass is 10.1. The average Bonchev–Trinajstić information content (AvgIpc) is 2.76. The van der Waals surface area contributed by atoms with Crippen LogP contribution in [0.4, 0.5) is 0 Å². The predicted octanol–water partition coefficient (Wildman–Crippen LogP) is 3.68. The monoisotopic (exact) mass is 387 g/mol. The lowest BCUT2D eigenvalue weighted by Crippen LogP contribution is -2.27. The molecule has 0 spiro atoms. The van der Waals surface area contributed by atoms with Gasteiger partial charge in [-0.15, -0.1) is 0 Å². The molecule has 0 saturated carbocycles. The van der Waals surface area contributed by atoms with Gasteiger partial charge in [0, 0.05) is 24.8 Å². The lowest BCUT2D eigenvalue weighted by molar-refractivity contribution is 0.0948. The Kier molecular flexibility index (Phi) is 7.11. The second-order valence-electron chi connectivity index (χ2n) is 6.88. The minimum Gasteiger partial charge on any atom is -0.351 e. The summed E-state index contributed by atoms with van der Waals surface area (Å²) in [4.78, 5) is 28.9. The first kappa shape index (κ1) is 20.3. The number of aryl methyl sites for hydroxylation is 2. The summed E-state index contributed by atoms with van der Waals surface area (Å²) in [5.74, 6) is -0.500. The lowest BCUT2D eigenvalue weighted by Gasteiger charge is -2.09. The van der Waals surface area contributed by atoms with Crippen LogP contribution < -0.4 is 10.6 Å². The summed E-state index contributed by atoms with van der Waals surface area (Å²) in [5, 5.41) is 5.76. The van der Waals surface area contributed by atoms with Gasteiger partial charge in [-0.05, 0) is 48.6 Å². The van der Waals surface area contributed by atoms with E-state index in [0.29, 0.717) is 18.7 Å². The summed E-state index contributed by atoms with van der Waals surface area (Å²) >= 11 is 0. The Morgan fingerprint density at radius 3 is 2.45 bits per heavy atom. The van der Waals surface area contributed by atoms with Gasteiger partial charge in [0.25, 0.3) is 11.8 Å². The van der Waals surface area contributed by atoms with Crippen molar-refractivity contribution in [2.24, 2.45) is 0 Å². The van der Waals surface area contributed by atoms with E-state index in [1.165, 1.54) is 17.8 Å². The van der Waals surface area contributed by atoms with Crippen LogP contribution in [0, 0.1) is 6.92 Å². The van der Waals surface area contributed by atoms with Crippen LogP contribution in [0.15, 0.2) is 72.9 Å². The average molecular weight is 387 g/mol. The fourth-order valence-corrected chi connectivity index (χ4v) is 3.01. The van der Waals surface area contributed by atoms with Crippen LogP contribution in [0.1, 0.15) is 44.0 Å². The maximum Gasteiger partial charge on any atom is 0.269 e. The van der Waals surface area contributed by atoms with E-state index in [1.54, 1.807) is 6.07 Å². The number of nitrogens with zero attached hydrogens (tertiary/aromatic N) is 1. The molecule has 3 aromatic rings. The Bertz CT molecular complexity index is 971. The van der Waals surface area contributed by atoms with Crippen molar-refractivity contribution < 1.29 is 9.59 Å². The van der Waals surface area contributed by atoms with Gasteiger partial charge < -0.3 is 10.6 Å². The van der Waals surface area contributed by atoms with Crippen molar-refractivity contribution in [2.45, 2.75) is 26.3 Å². The molecule has 2 N–H and O–H groups in total. The number of rotatable bonds is 8. The molecule has 29 heavy (non-hydrogen) atoms. The molecule has 0 aliphatic carbocycles. The normalized spacial score (nSPS) is 10.4. The van der Waals surface area contributed by atoms with E-state index in [0.717, 1.165) is 24.0 Å². The van der Waals surface area contributed by atoms with Crippen molar-refractivity contribution in [1.82, 2.24) is 15.6 Å². The first-order chi connectivity index (χ1) is 14.1. The van der Waals surface area contributed by atoms with E-state index in [9.17, 15) is 9.59 Å². The van der Waals surface area contributed by atoms with Gasteiger partial charge in [-0.1, -0.05) is 54.6 Å². The van der Waals surface area contributed by atoms with Crippen LogP contribution in [-0.4, -0.2) is 23.3 Å². The van der Waals surface area contributed by atoms with Crippen LogP contribution in [-0.2, 0) is 13.0 Å². The van der Waals surface area contributed by atoms with Crippen molar-refractivity contribution in [3.63, 3.8) is 0 Å². The highest BCUT2D eigenvalue weighted by Crippen LogP contribution is 2.08. The Hall–Kier alpha value is -3.47. The number of benzene rings is 2. The summed E-state index contributed by atoms with van der Waals surface area (Å²) in [5.41, 5.74) is 4.09. The Morgan fingerprint density at radius 1 is 0.897 bits per heavy atom. The van der Waals surface area contributed by atoms with Crippen LogP contribution >= 0.6 is 0 Å². The predicted molar refractivity (Wildman–Crippen MR) is 114 cm³/mol. The van der Waals surface area contributed by atoms with Crippen molar-refractivity contribution in [3.05, 3.63) is 101 Å². The van der Waals surface area contributed by atoms with Crippen LogP contribution in [0.3, 0.4) is 0 Å². The topological polar surface area (TPSA) is 71.1 Å². The summed E-state index contributed by atoms with van der Waals surface area (Å²) in [6, 6.07) is 21.2. The van der Waals surface area contributed by atoms with Crippen LogP contribution in [0.2, 0.25) is 0 Å². The van der Waals surface area contributed by atoms with E-state index >= 15 is 0 Å². The molecule has 1 aromatic heterocycles.